The number of benzene rings is 2. The minimum atomic E-state index is -1.07. The van der Waals surface area contributed by atoms with Gasteiger partial charge < -0.3 is 30.3 Å². The number of nitrogens with one attached hydrogen (secondary N) is 1. The third-order valence-corrected chi connectivity index (χ3v) is 7.59. The van der Waals surface area contributed by atoms with E-state index in [0.29, 0.717) is 34.8 Å². The molecule has 2 aromatic carbocycles. The van der Waals surface area contributed by atoms with Crippen LogP contribution in [0.15, 0.2) is 71.8 Å². The first-order valence-corrected chi connectivity index (χ1v) is 13.5. The maximum absolute atomic E-state index is 13.9. The van der Waals surface area contributed by atoms with E-state index in [2.05, 4.69) is 5.32 Å². The maximum Gasteiger partial charge on any atom is 0.341 e. The Kier molecular flexibility index (Phi) is 9.63. The predicted molar refractivity (Wildman–Crippen MR) is 149 cm³/mol. The molecule has 5 atom stereocenters. The third-order valence-electron chi connectivity index (χ3n) is 7.31. The summed E-state index contributed by atoms with van der Waals surface area (Å²) < 4.78 is 5.25. The van der Waals surface area contributed by atoms with E-state index >= 15 is 0 Å². The van der Waals surface area contributed by atoms with Crippen LogP contribution in [-0.4, -0.2) is 75.9 Å². The highest BCUT2D eigenvalue weighted by atomic mass is 35.5. The number of nitrogens with zero attached hydrogens (tertiary/aromatic N) is 1. The number of hydrogen-bond donors (Lipinski definition) is 4. The van der Waals surface area contributed by atoms with Gasteiger partial charge in [0.25, 0.3) is 5.91 Å². The van der Waals surface area contributed by atoms with Crippen LogP contribution in [0.1, 0.15) is 40.7 Å². The number of aliphatic carboxylic acids is 1. The Morgan fingerprint density at radius 1 is 1.20 bits per heavy atom. The maximum atomic E-state index is 13.9. The van der Waals surface area contributed by atoms with Crippen molar-refractivity contribution in [3.05, 3.63) is 88.5 Å². The van der Waals surface area contributed by atoms with E-state index in [9.17, 15) is 24.6 Å². The summed E-state index contributed by atoms with van der Waals surface area (Å²) in [5.41, 5.74) is 1.80. The lowest BCUT2D eigenvalue weighted by atomic mass is 9.74. The van der Waals surface area contributed by atoms with E-state index in [1.165, 1.54) is 11.8 Å². The van der Waals surface area contributed by atoms with Crippen molar-refractivity contribution in [2.75, 3.05) is 19.8 Å². The summed E-state index contributed by atoms with van der Waals surface area (Å²) in [6.45, 7) is 0.883. The van der Waals surface area contributed by atoms with Crippen LogP contribution in [0.2, 0.25) is 0 Å². The summed E-state index contributed by atoms with van der Waals surface area (Å²) in [6, 6.07) is 12.4. The molecule has 4 N–H and O–H groups in total. The predicted octanol–water partition coefficient (Wildman–Crippen LogP) is 2.86. The number of allylic oxidation sites excluding steroid dienone is 3. The molecule has 2 aromatic rings. The van der Waals surface area contributed by atoms with Crippen molar-refractivity contribution in [2.24, 2.45) is 5.92 Å². The highest BCUT2D eigenvalue weighted by Crippen LogP contribution is 2.41. The van der Waals surface area contributed by atoms with Gasteiger partial charge in [0.15, 0.2) is 6.61 Å². The van der Waals surface area contributed by atoms with Gasteiger partial charge in [-0.25, -0.2) is 4.79 Å². The molecule has 0 aromatic heterocycles. The van der Waals surface area contributed by atoms with Gasteiger partial charge in [0.2, 0.25) is 5.91 Å². The molecular formula is C30H33ClN2O7. The molecule has 0 bridgehead atoms. The van der Waals surface area contributed by atoms with Gasteiger partial charge in [0.1, 0.15) is 5.75 Å². The highest BCUT2D eigenvalue weighted by molar-refractivity contribution is 6.31. The highest BCUT2D eigenvalue weighted by Gasteiger charge is 2.49. The molecule has 9 nitrogen and oxygen atoms in total. The number of ether oxygens (including phenoxy) is 1. The number of carbonyl (C=O) groups excluding carboxylic acids is 2. The van der Waals surface area contributed by atoms with Gasteiger partial charge >= 0.3 is 5.97 Å². The summed E-state index contributed by atoms with van der Waals surface area (Å²) in [6.07, 6.45) is 5.36. The van der Waals surface area contributed by atoms with Crippen LogP contribution in [-0.2, 0) is 16.0 Å². The lowest BCUT2D eigenvalue weighted by Crippen LogP contribution is -2.61. The van der Waals surface area contributed by atoms with Gasteiger partial charge in [-0.05, 0) is 55.2 Å². The van der Waals surface area contributed by atoms with E-state index in [-0.39, 0.29) is 24.3 Å². The van der Waals surface area contributed by atoms with Crippen LogP contribution in [0.25, 0.3) is 0 Å². The van der Waals surface area contributed by atoms with Gasteiger partial charge in [-0.1, -0.05) is 54.1 Å². The second kappa shape index (κ2) is 13.1. The number of carboxylic acids is 1. The monoisotopic (exact) mass is 568 g/mol. The number of aliphatic hydroxyl groups is 2. The Labute approximate surface area is 237 Å². The molecule has 10 heteroatoms. The van der Waals surface area contributed by atoms with Crippen LogP contribution >= 0.6 is 11.6 Å². The Bertz CT molecular complexity index is 1310. The molecule has 40 heavy (non-hydrogen) atoms. The number of fused-ring (bicyclic) bond motifs is 1. The number of halogens is 1. The van der Waals surface area contributed by atoms with Crippen molar-refractivity contribution in [1.29, 1.82) is 0 Å². The fraction of sp³-hybridized carbons (Fsp3) is 0.367. The molecule has 0 spiro atoms. The normalized spacial score (nSPS) is 21.7. The van der Waals surface area contributed by atoms with Crippen molar-refractivity contribution in [3.63, 3.8) is 0 Å². The minimum absolute atomic E-state index is 0.284. The summed E-state index contributed by atoms with van der Waals surface area (Å²) in [5, 5.41) is 33.2. The second-order valence-corrected chi connectivity index (χ2v) is 10.4. The zero-order chi connectivity index (χ0) is 28.8. The SMILES string of the molecule is C[C@H](O)[C@H](CO)N1C(=O)c2ccccc2[C@H](C(=O)NCCc2cccc(OCC(=O)O)c2)[C@H]1C1C=CC(Cl)=CC1. The summed E-state index contributed by atoms with van der Waals surface area (Å²) in [7, 11) is 0. The third kappa shape index (κ3) is 6.55. The largest absolute Gasteiger partial charge is 0.482 e. The molecule has 212 valence electrons. The number of hydrogen-bond acceptors (Lipinski definition) is 6. The average Bonchev–Trinajstić information content (AvgIpc) is 2.94. The molecular weight excluding hydrogens is 536 g/mol. The molecule has 0 fully saturated rings. The van der Waals surface area contributed by atoms with Crippen LogP contribution in [0.5, 0.6) is 5.75 Å². The molecule has 0 saturated carbocycles. The quantitative estimate of drug-likeness (QED) is 0.327. The second-order valence-electron chi connectivity index (χ2n) is 9.98. The first kappa shape index (κ1) is 29.3. The zero-order valence-electron chi connectivity index (χ0n) is 22.1. The van der Waals surface area contributed by atoms with Crippen LogP contribution in [0, 0.1) is 5.92 Å². The summed E-state index contributed by atoms with van der Waals surface area (Å²) in [4.78, 5) is 40.0. The molecule has 0 radical (unpaired) electrons. The van der Waals surface area contributed by atoms with Crippen LogP contribution in [0.4, 0.5) is 0 Å². The number of carboxylic acid groups (broad SMARTS) is 1. The molecule has 1 aliphatic carbocycles. The standard InChI is InChI=1S/C30H33ClN2O7/c1-18(35)25(16-34)33-28(20-9-11-21(31)12-10-20)27(23-7-2-3-8-24(23)30(33)39)29(38)32-14-13-19-5-4-6-22(15-19)40-17-26(36)37/h2-9,11-12,15,18,20,25,27-28,34-35H,10,13-14,16-17H2,1H3,(H,32,38)(H,36,37)/t18-,20?,25-,27-,28+/m0/s1. The lowest BCUT2D eigenvalue weighted by molar-refractivity contribution is -0.139. The van der Waals surface area contributed by atoms with Gasteiger partial charge in [0.05, 0.1) is 30.7 Å². The molecule has 1 aliphatic heterocycles. The Balaban J connectivity index is 1.62. The van der Waals surface area contributed by atoms with Crippen molar-refractivity contribution in [1.82, 2.24) is 10.2 Å². The van der Waals surface area contributed by atoms with Crippen molar-refractivity contribution in [3.8, 4) is 5.75 Å². The fourth-order valence-corrected chi connectivity index (χ4v) is 5.58. The van der Waals surface area contributed by atoms with Crippen molar-refractivity contribution < 1.29 is 34.4 Å². The van der Waals surface area contributed by atoms with E-state index < -0.39 is 43.3 Å². The van der Waals surface area contributed by atoms with Gasteiger partial charge in [-0.3, -0.25) is 9.59 Å². The molecule has 2 amide bonds. The zero-order valence-corrected chi connectivity index (χ0v) is 22.8. The fourth-order valence-electron chi connectivity index (χ4n) is 5.42. The molecule has 2 aliphatic rings. The van der Waals surface area contributed by atoms with E-state index in [0.717, 1.165) is 5.56 Å². The molecule has 4 rings (SSSR count). The summed E-state index contributed by atoms with van der Waals surface area (Å²) in [5.74, 6) is -2.34. The molecule has 1 unspecified atom stereocenters. The number of amides is 2. The van der Waals surface area contributed by atoms with Gasteiger partial charge in [-0.2, -0.15) is 0 Å². The Hall–Kier alpha value is -3.66. The first-order valence-electron chi connectivity index (χ1n) is 13.2. The van der Waals surface area contributed by atoms with E-state index in [1.54, 1.807) is 48.5 Å². The summed E-state index contributed by atoms with van der Waals surface area (Å²) >= 11 is 6.18. The number of carbonyl (C=O) groups is 3. The number of rotatable bonds is 11. The van der Waals surface area contributed by atoms with E-state index in [4.69, 9.17) is 21.4 Å². The topological polar surface area (TPSA) is 136 Å². The van der Waals surface area contributed by atoms with Gasteiger partial charge in [0, 0.05) is 23.1 Å². The Morgan fingerprint density at radius 3 is 2.65 bits per heavy atom. The average molecular weight is 569 g/mol. The van der Waals surface area contributed by atoms with Gasteiger partial charge in [-0.15, -0.1) is 0 Å². The Morgan fingerprint density at radius 2 is 1.98 bits per heavy atom. The molecule has 0 saturated heterocycles. The van der Waals surface area contributed by atoms with Crippen molar-refractivity contribution in [2.45, 2.75) is 43.9 Å². The van der Waals surface area contributed by atoms with Crippen molar-refractivity contribution >= 4 is 29.4 Å². The first-order chi connectivity index (χ1) is 19.2. The number of aliphatic hydroxyl groups excluding tert-OH is 2. The van der Waals surface area contributed by atoms with E-state index in [1.807, 2.05) is 18.2 Å². The van der Waals surface area contributed by atoms with Crippen LogP contribution < -0.4 is 10.1 Å². The van der Waals surface area contributed by atoms with Crippen LogP contribution in [0.3, 0.4) is 0 Å². The molecule has 1 heterocycles. The smallest absolute Gasteiger partial charge is 0.341 e. The minimum Gasteiger partial charge on any atom is -0.482 e. The lowest BCUT2D eigenvalue weighted by Gasteiger charge is -2.48.